The molecule has 0 saturated heterocycles. The third-order valence-corrected chi connectivity index (χ3v) is 4.41. The first kappa shape index (κ1) is 14.9. The molecule has 2 unspecified atom stereocenters. The lowest BCUT2D eigenvalue weighted by molar-refractivity contribution is 0.384. The molecule has 106 valence electrons. The van der Waals surface area contributed by atoms with Gasteiger partial charge in [0.25, 0.3) is 0 Å². The minimum absolute atomic E-state index is 0.736. The summed E-state index contributed by atoms with van der Waals surface area (Å²) in [6.45, 7) is 3.41. The largest absolute Gasteiger partial charge is 0.314 e. The molecule has 1 saturated carbocycles. The number of hydrogen-bond acceptors (Lipinski definition) is 1. The van der Waals surface area contributed by atoms with Gasteiger partial charge in [0.2, 0.25) is 0 Å². The van der Waals surface area contributed by atoms with Gasteiger partial charge in [-0.15, -0.1) is 0 Å². The number of benzene rings is 1. The quantitative estimate of drug-likeness (QED) is 0.761. The zero-order chi connectivity index (χ0) is 13.5. The number of rotatable bonds is 5. The monoisotopic (exact) mass is 279 g/mol. The molecule has 0 heterocycles. The van der Waals surface area contributed by atoms with E-state index < -0.39 is 0 Å². The predicted molar refractivity (Wildman–Crippen MR) is 83.8 cm³/mol. The van der Waals surface area contributed by atoms with E-state index in [2.05, 4.69) is 24.4 Å². The van der Waals surface area contributed by atoms with Gasteiger partial charge in [-0.2, -0.15) is 0 Å². The Morgan fingerprint density at radius 2 is 1.89 bits per heavy atom. The van der Waals surface area contributed by atoms with E-state index in [9.17, 15) is 0 Å². The zero-order valence-electron chi connectivity index (χ0n) is 12.0. The van der Waals surface area contributed by atoms with Crippen LogP contribution in [0.25, 0.3) is 0 Å². The smallest absolute Gasteiger partial charge is 0.0406 e. The van der Waals surface area contributed by atoms with Crippen molar-refractivity contribution in [3.05, 3.63) is 34.9 Å². The summed E-state index contributed by atoms with van der Waals surface area (Å²) in [6, 6.07) is 9.13. The van der Waals surface area contributed by atoms with Crippen molar-refractivity contribution in [2.75, 3.05) is 6.54 Å². The minimum atomic E-state index is 0.736. The fraction of sp³-hybridized carbons (Fsp3) is 0.647. The Balaban J connectivity index is 1.88. The molecule has 19 heavy (non-hydrogen) atoms. The Hall–Kier alpha value is -0.530. The lowest BCUT2D eigenvalue weighted by Crippen LogP contribution is -2.31. The molecule has 0 bridgehead atoms. The summed E-state index contributed by atoms with van der Waals surface area (Å²) in [6.07, 6.45) is 9.30. The van der Waals surface area contributed by atoms with E-state index in [-0.39, 0.29) is 0 Å². The number of halogens is 1. The molecule has 0 spiro atoms. The van der Waals surface area contributed by atoms with Crippen molar-refractivity contribution in [2.24, 2.45) is 5.92 Å². The summed E-state index contributed by atoms with van der Waals surface area (Å²) in [5, 5.41) is 4.55. The van der Waals surface area contributed by atoms with E-state index in [0.717, 1.165) is 17.0 Å². The Kier molecular flexibility index (Phi) is 6.19. The van der Waals surface area contributed by atoms with Crippen LogP contribution in [0, 0.1) is 5.92 Å². The maximum Gasteiger partial charge on any atom is 0.0406 e. The highest BCUT2D eigenvalue weighted by molar-refractivity contribution is 6.30. The maximum atomic E-state index is 5.95. The van der Waals surface area contributed by atoms with Gasteiger partial charge in [-0.3, -0.25) is 0 Å². The van der Waals surface area contributed by atoms with Crippen molar-refractivity contribution in [3.8, 4) is 0 Å². The van der Waals surface area contributed by atoms with Gasteiger partial charge in [-0.1, -0.05) is 49.9 Å². The summed E-state index contributed by atoms with van der Waals surface area (Å²) < 4.78 is 0. The third kappa shape index (κ3) is 5.16. The minimum Gasteiger partial charge on any atom is -0.314 e. The molecule has 0 radical (unpaired) electrons. The van der Waals surface area contributed by atoms with Crippen LogP contribution in [0.4, 0.5) is 0 Å². The fourth-order valence-corrected chi connectivity index (χ4v) is 3.26. The zero-order valence-corrected chi connectivity index (χ0v) is 12.8. The van der Waals surface area contributed by atoms with Crippen LogP contribution in [0.15, 0.2) is 24.3 Å². The van der Waals surface area contributed by atoms with E-state index in [1.165, 1.54) is 57.1 Å². The molecule has 1 aromatic carbocycles. The third-order valence-electron chi connectivity index (χ3n) is 4.15. The van der Waals surface area contributed by atoms with Crippen LogP contribution in [0.1, 0.15) is 51.0 Å². The van der Waals surface area contributed by atoms with Crippen LogP contribution < -0.4 is 5.32 Å². The predicted octanol–water partition coefficient (Wildman–Crippen LogP) is 4.83. The average Bonchev–Trinajstić information content (AvgIpc) is 2.64. The van der Waals surface area contributed by atoms with Gasteiger partial charge in [0.05, 0.1) is 0 Å². The summed E-state index contributed by atoms with van der Waals surface area (Å²) in [4.78, 5) is 0. The average molecular weight is 280 g/mol. The highest BCUT2D eigenvalue weighted by Gasteiger charge is 2.19. The van der Waals surface area contributed by atoms with Crippen LogP contribution in [0.2, 0.25) is 5.02 Å². The SMILES string of the molecule is CCCNC1CCCCC(Cc2ccc(Cl)cc2)C1. The summed E-state index contributed by atoms with van der Waals surface area (Å²) in [5.41, 5.74) is 1.44. The summed E-state index contributed by atoms with van der Waals surface area (Å²) in [7, 11) is 0. The highest BCUT2D eigenvalue weighted by Crippen LogP contribution is 2.27. The molecule has 1 N–H and O–H groups in total. The van der Waals surface area contributed by atoms with Gasteiger partial charge in [-0.05, 0) is 55.8 Å². The molecule has 2 rings (SSSR count). The summed E-state index contributed by atoms with van der Waals surface area (Å²) in [5.74, 6) is 0.832. The van der Waals surface area contributed by atoms with Gasteiger partial charge in [-0.25, -0.2) is 0 Å². The molecule has 1 aromatic rings. The second kappa shape index (κ2) is 7.91. The van der Waals surface area contributed by atoms with Gasteiger partial charge >= 0.3 is 0 Å². The van der Waals surface area contributed by atoms with Crippen molar-refractivity contribution >= 4 is 11.6 Å². The molecule has 1 aliphatic carbocycles. The van der Waals surface area contributed by atoms with E-state index in [0.29, 0.717) is 0 Å². The van der Waals surface area contributed by atoms with Crippen LogP contribution in [0.3, 0.4) is 0 Å². The first-order valence-electron chi connectivity index (χ1n) is 7.75. The second-order valence-electron chi connectivity index (χ2n) is 5.87. The Morgan fingerprint density at radius 1 is 1.16 bits per heavy atom. The highest BCUT2D eigenvalue weighted by atomic mass is 35.5. The number of hydrogen-bond donors (Lipinski definition) is 1. The topological polar surface area (TPSA) is 12.0 Å². The molecule has 1 aliphatic rings. The van der Waals surface area contributed by atoms with E-state index in [4.69, 9.17) is 11.6 Å². The molecule has 0 amide bonds. The molecule has 2 heteroatoms. The molecule has 0 aromatic heterocycles. The Labute approximate surface area is 122 Å². The van der Waals surface area contributed by atoms with Crippen molar-refractivity contribution in [1.82, 2.24) is 5.32 Å². The van der Waals surface area contributed by atoms with Gasteiger partial charge in [0.1, 0.15) is 0 Å². The van der Waals surface area contributed by atoms with Crippen molar-refractivity contribution in [2.45, 2.75) is 57.9 Å². The van der Waals surface area contributed by atoms with E-state index in [1.54, 1.807) is 0 Å². The van der Waals surface area contributed by atoms with E-state index >= 15 is 0 Å². The van der Waals surface area contributed by atoms with Crippen molar-refractivity contribution < 1.29 is 0 Å². The first-order valence-corrected chi connectivity index (χ1v) is 8.13. The lowest BCUT2D eigenvalue weighted by atomic mass is 9.91. The van der Waals surface area contributed by atoms with Gasteiger partial charge in [0, 0.05) is 11.1 Å². The normalized spacial score (nSPS) is 24.1. The van der Waals surface area contributed by atoms with E-state index in [1.807, 2.05) is 12.1 Å². The Morgan fingerprint density at radius 3 is 2.63 bits per heavy atom. The number of nitrogens with one attached hydrogen (secondary N) is 1. The molecular formula is C17H26ClN. The lowest BCUT2D eigenvalue weighted by Gasteiger charge is -2.21. The van der Waals surface area contributed by atoms with Crippen LogP contribution in [0.5, 0.6) is 0 Å². The van der Waals surface area contributed by atoms with Crippen molar-refractivity contribution in [1.29, 1.82) is 0 Å². The standard InChI is InChI=1S/C17H26ClN/c1-2-11-19-17-6-4-3-5-15(13-17)12-14-7-9-16(18)10-8-14/h7-10,15,17,19H,2-6,11-13H2,1H3. The molecule has 0 aliphatic heterocycles. The Bertz CT molecular complexity index is 360. The van der Waals surface area contributed by atoms with Crippen molar-refractivity contribution in [3.63, 3.8) is 0 Å². The molecular weight excluding hydrogens is 254 g/mol. The van der Waals surface area contributed by atoms with Crippen LogP contribution >= 0.6 is 11.6 Å². The molecule has 2 atom stereocenters. The first-order chi connectivity index (χ1) is 9.28. The van der Waals surface area contributed by atoms with Gasteiger partial charge in [0.15, 0.2) is 0 Å². The fourth-order valence-electron chi connectivity index (χ4n) is 3.13. The molecule has 1 nitrogen and oxygen atoms in total. The second-order valence-corrected chi connectivity index (χ2v) is 6.30. The van der Waals surface area contributed by atoms with Gasteiger partial charge < -0.3 is 5.32 Å². The maximum absolute atomic E-state index is 5.95. The van der Waals surface area contributed by atoms with Crippen LogP contribution in [-0.2, 0) is 6.42 Å². The summed E-state index contributed by atoms with van der Waals surface area (Å²) >= 11 is 5.95. The van der Waals surface area contributed by atoms with Crippen LogP contribution in [-0.4, -0.2) is 12.6 Å². The molecule has 1 fully saturated rings.